The number of aromatic hydroxyl groups is 1. The number of hydrogen-bond donors (Lipinski definition) is 4. The molecule has 1 fully saturated rings. The van der Waals surface area contributed by atoms with Crippen LogP contribution >= 0.6 is 0 Å². The number of aliphatic hydroxyl groups is 2. The summed E-state index contributed by atoms with van der Waals surface area (Å²) in [5.41, 5.74) is 2.60. The molecule has 0 saturated carbocycles. The highest BCUT2D eigenvalue weighted by atomic mass is 16.3. The number of phenolic OH excluding ortho intramolecular Hbond substituents is 1. The van der Waals surface area contributed by atoms with Crippen molar-refractivity contribution in [3.8, 4) is 5.75 Å². The second kappa shape index (κ2) is 9.60. The third-order valence-electron chi connectivity index (χ3n) is 5.56. The second-order valence-corrected chi connectivity index (χ2v) is 8.83. The molecule has 2 aromatic carbocycles. The van der Waals surface area contributed by atoms with Crippen LogP contribution in [0, 0.1) is 0 Å². The minimum absolute atomic E-state index is 0.0538. The maximum absolute atomic E-state index is 12.4. The van der Waals surface area contributed by atoms with Crippen LogP contribution < -0.4 is 5.32 Å². The highest BCUT2D eigenvalue weighted by molar-refractivity contribution is 5.79. The molecule has 0 spiro atoms. The Morgan fingerprint density at radius 2 is 1.90 bits per heavy atom. The van der Waals surface area contributed by atoms with E-state index in [4.69, 9.17) is 0 Å². The summed E-state index contributed by atoms with van der Waals surface area (Å²) in [5.74, 6) is 0.233. The average Bonchev–Trinajstić information content (AvgIpc) is 3.13. The van der Waals surface area contributed by atoms with E-state index in [1.54, 1.807) is 29.2 Å². The standard InChI is InChI=1S/C24H32N2O4/c1-24(2,25-15-22(29)19-6-8-20(27)9-7-19)14-18-5-3-4-17(12-18)13-23(30)26-11-10-21(28)16-26/h3-9,12,21-22,25,27-29H,10-11,13-16H2,1-2H3/t21-,22?/m1/s1. The SMILES string of the molecule is CC(C)(Cc1cccc(CC(=O)N2CC[C@@H](O)C2)c1)NCC(O)c1ccc(O)cc1. The first-order valence-electron chi connectivity index (χ1n) is 10.5. The Morgan fingerprint density at radius 1 is 1.20 bits per heavy atom. The van der Waals surface area contributed by atoms with Gasteiger partial charge in [-0.05, 0) is 55.5 Å². The Morgan fingerprint density at radius 3 is 2.57 bits per heavy atom. The molecule has 30 heavy (non-hydrogen) atoms. The first-order chi connectivity index (χ1) is 14.2. The molecule has 1 aliphatic heterocycles. The number of hydrogen-bond acceptors (Lipinski definition) is 5. The predicted octanol–water partition coefficient (Wildman–Crippen LogP) is 2.17. The van der Waals surface area contributed by atoms with Gasteiger partial charge in [-0.15, -0.1) is 0 Å². The number of rotatable bonds is 8. The van der Waals surface area contributed by atoms with E-state index in [0.29, 0.717) is 32.5 Å². The zero-order valence-electron chi connectivity index (χ0n) is 17.7. The smallest absolute Gasteiger partial charge is 0.227 e. The number of nitrogens with zero attached hydrogens (tertiary/aromatic N) is 1. The minimum Gasteiger partial charge on any atom is -0.508 e. The van der Waals surface area contributed by atoms with E-state index in [-0.39, 0.29) is 17.2 Å². The van der Waals surface area contributed by atoms with E-state index in [1.807, 2.05) is 18.2 Å². The zero-order chi connectivity index (χ0) is 21.7. The molecule has 1 amide bonds. The first-order valence-corrected chi connectivity index (χ1v) is 10.5. The number of carbonyl (C=O) groups excluding carboxylic acids is 1. The van der Waals surface area contributed by atoms with Gasteiger partial charge >= 0.3 is 0 Å². The van der Waals surface area contributed by atoms with E-state index in [2.05, 4.69) is 25.2 Å². The van der Waals surface area contributed by atoms with E-state index in [0.717, 1.165) is 23.1 Å². The van der Waals surface area contributed by atoms with Crippen molar-refractivity contribution in [3.05, 3.63) is 65.2 Å². The summed E-state index contributed by atoms with van der Waals surface area (Å²) in [6.07, 6.45) is 0.684. The monoisotopic (exact) mass is 412 g/mol. The number of amides is 1. The Kier molecular flexibility index (Phi) is 7.13. The Bertz CT molecular complexity index is 851. The van der Waals surface area contributed by atoms with Crippen LogP contribution in [0.1, 0.15) is 43.1 Å². The molecule has 4 N–H and O–H groups in total. The number of nitrogens with one attached hydrogen (secondary N) is 1. The molecular formula is C24H32N2O4. The van der Waals surface area contributed by atoms with Gasteiger partial charge in [-0.2, -0.15) is 0 Å². The van der Waals surface area contributed by atoms with Gasteiger partial charge in [-0.3, -0.25) is 4.79 Å². The van der Waals surface area contributed by atoms with Crippen LogP contribution in [0.15, 0.2) is 48.5 Å². The van der Waals surface area contributed by atoms with Gasteiger partial charge in [0, 0.05) is 25.2 Å². The summed E-state index contributed by atoms with van der Waals surface area (Å²) in [4.78, 5) is 14.2. The van der Waals surface area contributed by atoms with Crippen LogP contribution in [0.4, 0.5) is 0 Å². The van der Waals surface area contributed by atoms with Crippen molar-refractivity contribution in [1.82, 2.24) is 10.2 Å². The van der Waals surface area contributed by atoms with Crippen LogP contribution in [-0.2, 0) is 17.6 Å². The lowest BCUT2D eigenvalue weighted by Gasteiger charge is -2.28. The summed E-state index contributed by atoms with van der Waals surface area (Å²) in [7, 11) is 0. The van der Waals surface area contributed by atoms with Gasteiger partial charge in [0.1, 0.15) is 5.75 Å². The van der Waals surface area contributed by atoms with Crippen molar-refractivity contribution in [2.24, 2.45) is 0 Å². The zero-order valence-corrected chi connectivity index (χ0v) is 17.7. The molecule has 1 heterocycles. The number of phenols is 1. The van der Waals surface area contributed by atoms with Gasteiger partial charge in [0.15, 0.2) is 0 Å². The fourth-order valence-corrected chi connectivity index (χ4v) is 3.86. The molecule has 1 saturated heterocycles. The first kappa shape index (κ1) is 22.3. The highest BCUT2D eigenvalue weighted by Crippen LogP contribution is 2.19. The maximum Gasteiger partial charge on any atom is 0.227 e. The molecule has 1 aliphatic rings. The van der Waals surface area contributed by atoms with Crippen molar-refractivity contribution in [2.75, 3.05) is 19.6 Å². The Hall–Kier alpha value is -2.41. The molecule has 6 heteroatoms. The number of aliphatic hydroxyl groups excluding tert-OH is 2. The molecule has 6 nitrogen and oxygen atoms in total. The minimum atomic E-state index is -0.662. The molecule has 2 aromatic rings. The molecule has 0 aromatic heterocycles. The Labute approximate surface area is 178 Å². The van der Waals surface area contributed by atoms with Gasteiger partial charge in [0.2, 0.25) is 5.91 Å². The second-order valence-electron chi connectivity index (χ2n) is 8.83. The topological polar surface area (TPSA) is 93.0 Å². The molecular weight excluding hydrogens is 380 g/mol. The summed E-state index contributed by atoms with van der Waals surface area (Å²) in [6.45, 7) is 5.62. The van der Waals surface area contributed by atoms with Gasteiger partial charge in [0.25, 0.3) is 0 Å². The van der Waals surface area contributed by atoms with Gasteiger partial charge in [-0.25, -0.2) is 0 Å². The van der Waals surface area contributed by atoms with E-state index >= 15 is 0 Å². The van der Waals surface area contributed by atoms with E-state index in [9.17, 15) is 20.1 Å². The molecule has 0 bridgehead atoms. The molecule has 2 atom stereocenters. The van der Waals surface area contributed by atoms with Crippen LogP contribution in [0.3, 0.4) is 0 Å². The third kappa shape index (κ3) is 6.29. The van der Waals surface area contributed by atoms with Crippen LogP contribution in [0.5, 0.6) is 5.75 Å². The number of β-amino-alcohol motifs (C(OH)–C–C–N with tert-alkyl or cyclic N) is 2. The molecule has 3 rings (SSSR count). The lowest BCUT2D eigenvalue weighted by atomic mass is 9.93. The lowest BCUT2D eigenvalue weighted by molar-refractivity contribution is -0.129. The van der Waals surface area contributed by atoms with Gasteiger partial charge < -0.3 is 25.5 Å². The van der Waals surface area contributed by atoms with Gasteiger partial charge in [0.05, 0.1) is 18.6 Å². The average molecular weight is 413 g/mol. The fourth-order valence-electron chi connectivity index (χ4n) is 3.86. The fraction of sp³-hybridized carbons (Fsp3) is 0.458. The largest absolute Gasteiger partial charge is 0.508 e. The molecule has 0 radical (unpaired) electrons. The predicted molar refractivity (Wildman–Crippen MR) is 116 cm³/mol. The highest BCUT2D eigenvalue weighted by Gasteiger charge is 2.25. The maximum atomic E-state index is 12.4. The quantitative estimate of drug-likeness (QED) is 0.533. The third-order valence-corrected chi connectivity index (χ3v) is 5.56. The lowest BCUT2D eigenvalue weighted by Crippen LogP contribution is -2.43. The van der Waals surface area contributed by atoms with Crippen molar-refractivity contribution in [1.29, 1.82) is 0 Å². The van der Waals surface area contributed by atoms with E-state index in [1.165, 1.54) is 0 Å². The Balaban J connectivity index is 1.54. The normalized spacial score (nSPS) is 17.9. The summed E-state index contributed by atoms with van der Waals surface area (Å²) < 4.78 is 0. The summed E-state index contributed by atoms with van der Waals surface area (Å²) in [5, 5.41) is 32.8. The number of carbonyl (C=O) groups is 1. The van der Waals surface area contributed by atoms with Gasteiger partial charge in [-0.1, -0.05) is 36.4 Å². The van der Waals surface area contributed by atoms with Crippen LogP contribution in [0.2, 0.25) is 0 Å². The van der Waals surface area contributed by atoms with Crippen molar-refractivity contribution < 1.29 is 20.1 Å². The summed E-state index contributed by atoms with van der Waals surface area (Å²) in [6, 6.07) is 14.6. The molecule has 1 unspecified atom stereocenters. The van der Waals surface area contributed by atoms with Crippen molar-refractivity contribution >= 4 is 5.91 Å². The van der Waals surface area contributed by atoms with E-state index < -0.39 is 12.2 Å². The van der Waals surface area contributed by atoms with Crippen LogP contribution in [0.25, 0.3) is 0 Å². The molecule has 162 valence electrons. The van der Waals surface area contributed by atoms with Crippen molar-refractivity contribution in [2.45, 2.75) is 50.9 Å². The van der Waals surface area contributed by atoms with Crippen LogP contribution in [-0.4, -0.2) is 57.4 Å². The number of benzene rings is 2. The number of likely N-dealkylation sites (tertiary alicyclic amines) is 1. The molecule has 0 aliphatic carbocycles. The van der Waals surface area contributed by atoms with Crippen molar-refractivity contribution in [3.63, 3.8) is 0 Å². The summed E-state index contributed by atoms with van der Waals surface area (Å²) >= 11 is 0.